The molecular formula is C14H19N3O3. The maximum absolute atomic E-state index is 11.9. The largest absolute Gasteiger partial charge is 0.454 e. The van der Waals surface area contributed by atoms with Crippen molar-refractivity contribution in [3.8, 4) is 0 Å². The first-order valence-electron chi connectivity index (χ1n) is 6.64. The van der Waals surface area contributed by atoms with Gasteiger partial charge in [0.25, 0.3) is 5.91 Å². The monoisotopic (exact) mass is 277 g/mol. The van der Waals surface area contributed by atoms with E-state index in [1.807, 2.05) is 19.2 Å². The summed E-state index contributed by atoms with van der Waals surface area (Å²) in [5, 5.41) is 15.7. The van der Waals surface area contributed by atoms with Gasteiger partial charge < -0.3 is 14.8 Å². The molecule has 2 N–H and O–H groups in total. The molecule has 1 unspecified atom stereocenters. The van der Waals surface area contributed by atoms with Gasteiger partial charge in [-0.2, -0.15) is 5.10 Å². The minimum absolute atomic E-state index is 0.131. The molecule has 6 nitrogen and oxygen atoms in total. The Balaban J connectivity index is 1.86. The molecule has 2 aromatic rings. The molecule has 0 spiro atoms. The molecule has 2 heterocycles. The molecule has 6 heteroatoms. The summed E-state index contributed by atoms with van der Waals surface area (Å²) in [7, 11) is 0. The van der Waals surface area contributed by atoms with Crippen molar-refractivity contribution in [2.45, 2.75) is 19.9 Å². The summed E-state index contributed by atoms with van der Waals surface area (Å²) in [5.41, 5.74) is 0. The lowest BCUT2D eigenvalue weighted by atomic mass is 10.1. The van der Waals surface area contributed by atoms with E-state index in [2.05, 4.69) is 10.4 Å². The van der Waals surface area contributed by atoms with Crippen molar-refractivity contribution in [2.75, 3.05) is 13.2 Å². The van der Waals surface area contributed by atoms with Crippen LogP contribution in [-0.2, 0) is 6.54 Å². The summed E-state index contributed by atoms with van der Waals surface area (Å²) in [5.74, 6) is 0.981. The summed E-state index contributed by atoms with van der Waals surface area (Å²) in [4.78, 5) is 11.9. The van der Waals surface area contributed by atoms with Gasteiger partial charge in [-0.25, -0.2) is 0 Å². The number of furan rings is 1. The number of carbonyl (C=O) groups excluding carboxylic acids is 1. The Bertz CT molecular complexity index is 534. The third kappa shape index (κ3) is 3.96. The molecule has 2 aromatic heterocycles. The normalized spacial score (nSPS) is 12.3. The maximum atomic E-state index is 11.9. The fraction of sp³-hybridized carbons (Fsp3) is 0.429. The standard InChI is InChI=1S/C14H19N3O3/c1-11(5-8-18)9-15-14(19)13-4-3-12(20-13)10-17-7-2-6-16-17/h2-4,6-7,11,18H,5,8-10H2,1H3,(H,15,19). The van der Waals surface area contributed by atoms with Crippen molar-refractivity contribution in [3.05, 3.63) is 42.1 Å². The molecule has 0 aliphatic heterocycles. The zero-order valence-electron chi connectivity index (χ0n) is 11.5. The smallest absolute Gasteiger partial charge is 0.287 e. The third-order valence-corrected chi connectivity index (χ3v) is 3.00. The highest BCUT2D eigenvalue weighted by Gasteiger charge is 2.12. The van der Waals surface area contributed by atoms with Crippen molar-refractivity contribution < 1.29 is 14.3 Å². The highest BCUT2D eigenvalue weighted by molar-refractivity contribution is 5.91. The second-order valence-electron chi connectivity index (χ2n) is 4.80. The van der Waals surface area contributed by atoms with E-state index in [1.165, 1.54) is 0 Å². The molecule has 0 fully saturated rings. The van der Waals surface area contributed by atoms with Crippen molar-refractivity contribution >= 4 is 5.91 Å². The topological polar surface area (TPSA) is 80.3 Å². The number of rotatable bonds is 7. The van der Waals surface area contributed by atoms with Crippen molar-refractivity contribution in [1.29, 1.82) is 0 Å². The van der Waals surface area contributed by atoms with E-state index in [9.17, 15) is 4.79 Å². The third-order valence-electron chi connectivity index (χ3n) is 3.00. The molecular weight excluding hydrogens is 258 g/mol. The van der Waals surface area contributed by atoms with Crippen LogP contribution in [0.3, 0.4) is 0 Å². The predicted octanol–water partition coefficient (Wildman–Crippen LogP) is 1.27. The molecule has 2 rings (SSSR count). The maximum Gasteiger partial charge on any atom is 0.287 e. The number of aromatic nitrogens is 2. The molecule has 0 saturated heterocycles. The molecule has 0 aliphatic carbocycles. The summed E-state index contributed by atoms with van der Waals surface area (Å²) in [6, 6.07) is 5.26. The zero-order chi connectivity index (χ0) is 14.4. The fourth-order valence-corrected chi connectivity index (χ4v) is 1.82. The number of aliphatic hydroxyl groups is 1. The fourth-order valence-electron chi connectivity index (χ4n) is 1.82. The minimum atomic E-state index is -0.235. The molecule has 1 amide bonds. The van der Waals surface area contributed by atoms with Crippen LogP contribution >= 0.6 is 0 Å². The van der Waals surface area contributed by atoms with Crippen LogP contribution in [0.25, 0.3) is 0 Å². The van der Waals surface area contributed by atoms with Gasteiger partial charge in [-0.1, -0.05) is 6.92 Å². The minimum Gasteiger partial charge on any atom is -0.454 e. The van der Waals surface area contributed by atoms with Gasteiger partial charge in [-0.15, -0.1) is 0 Å². The summed E-state index contributed by atoms with van der Waals surface area (Å²) < 4.78 is 7.21. The van der Waals surface area contributed by atoms with Gasteiger partial charge in [0.2, 0.25) is 0 Å². The number of nitrogens with zero attached hydrogens (tertiary/aromatic N) is 2. The molecule has 0 saturated carbocycles. The molecule has 20 heavy (non-hydrogen) atoms. The van der Waals surface area contributed by atoms with E-state index >= 15 is 0 Å². The van der Waals surface area contributed by atoms with E-state index in [0.717, 1.165) is 0 Å². The van der Waals surface area contributed by atoms with Crippen LogP contribution in [0, 0.1) is 5.92 Å². The summed E-state index contributed by atoms with van der Waals surface area (Å²) in [6.45, 7) is 3.13. The van der Waals surface area contributed by atoms with Crippen LogP contribution < -0.4 is 5.32 Å². The summed E-state index contributed by atoms with van der Waals surface area (Å²) >= 11 is 0. The number of hydrogen-bond donors (Lipinski definition) is 2. The molecule has 0 bridgehead atoms. The number of nitrogens with one attached hydrogen (secondary N) is 1. The number of carbonyl (C=O) groups is 1. The molecule has 108 valence electrons. The van der Waals surface area contributed by atoms with Gasteiger partial charge in [0, 0.05) is 25.5 Å². The van der Waals surface area contributed by atoms with E-state index in [0.29, 0.717) is 31.0 Å². The Kier molecular flexibility index (Phi) is 4.95. The van der Waals surface area contributed by atoms with Crippen molar-refractivity contribution in [3.63, 3.8) is 0 Å². The van der Waals surface area contributed by atoms with Crippen LogP contribution in [0.4, 0.5) is 0 Å². The highest BCUT2D eigenvalue weighted by atomic mass is 16.4. The van der Waals surface area contributed by atoms with Gasteiger partial charge in [0.1, 0.15) is 5.76 Å². The Morgan fingerprint density at radius 3 is 3.10 bits per heavy atom. The average molecular weight is 277 g/mol. The van der Waals surface area contributed by atoms with Crippen molar-refractivity contribution in [1.82, 2.24) is 15.1 Å². The second-order valence-corrected chi connectivity index (χ2v) is 4.80. The predicted molar refractivity (Wildman–Crippen MR) is 73.2 cm³/mol. The molecule has 0 aliphatic rings. The lowest BCUT2D eigenvalue weighted by molar-refractivity contribution is 0.0915. The van der Waals surface area contributed by atoms with Crippen LogP contribution in [0.2, 0.25) is 0 Å². The first-order chi connectivity index (χ1) is 9.69. The van der Waals surface area contributed by atoms with Crippen molar-refractivity contribution in [2.24, 2.45) is 5.92 Å². The van der Waals surface area contributed by atoms with E-state index in [1.54, 1.807) is 23.0 Å². The number of aliphatic hydroxyl groups excluding tert-OH is 1. The first kappa shape index (κ1) is 14.3. The van der Waals surface area contributed by atoms with Gasteiger partial charge in [0.05, 0.1) is 6.54 Å². The quantitative estimate of drug-likeness (QED) is 0.798. The van der Waals surface area contributed by atoms with Crippen LogP contribution in [0.5, 0.6) is 0 Å². The Morgan fingerprint density at radius 2 is 2.40 bits per heavy atom. The second kappa shape index (κ2) is 6.91. The lowest BCUT2D eigenvalue weighted by Gasteiger charge is -2.09. The van der Waals surface area contributed by atoms with Crippen LogP contribution in [0.1, 0.15) is 29.7 Å². The van der Waals surface area contributed by atoms with Crippen LogP contribution in [0.15, 0.2) is 35.0 Å². The highest BCUT2D eigenvalue weighted by Crippen LogP contribution is 2.09. The number of amides is 1. The van der Waals surface area contributed by atoms with Gasteiger partial charge >= 0.3 is 0 Å². The molecule has 0 aromatic carbocycles. The average Bonchev–Trinajstić information content (AvgIpc) is 3.08. The van der Waals surface area contributed by atoms with Gasteiger partial charge in [-0.3, -0.25) is 9.48 Å². The SMILES string of the molecule is CC(CCO)CNC(=O)c1ccc(Cn2cccn2)o1. The summed E-state index contributed by atoms with van der Waals surface area (Å²) in [6.07, 6.45) is 4.20. The van der Waals surface area contributed by atoms with E-state index in [4.69, 9.17) is 9.52 Å². The Hall–Kier alpha value is -2.08. The van der Waals surface area contributed by atoms with E-state index in [-0.39, 0.29) is 18.4 Å². The Labute approximate surface area is 117 Å². The van der Waals surface area contributed by atoms with Crippen LogP contribution in [-0.4, -0.2) is 33.9 Å². The number of hydrogen-bond acceptors (Lipinski definition) is 4. The Morgan fingerprint density at radius 1 is 1.55 bits per heavy atom. The first-order valence-corrected chi connectivity index (χ1v) is 6.64. The lowest BCUT2D eigenvalue weighted by Crippen LogP contribution is -2.28. The molecule has 0 radical (unpaired) electrons. The van der Waals surface area contributed by atoms with E-state index < -0.39 is 0 Å². The van der Waals surface area contributed by atoms with Gasteiger partial charge in [0.15, 0.2) is 5.76 Å². The molecule has 1 atom stereocenters. The zero-order valence-corrected chi connectivity index (χ0v) is 11.5. The van der Waals surface area contributed by atoms with Gasteiger partial charge in [-0.05, 0) is 30.5 Å².